The summed E-state index contributed by atoms with van der Waals surface area (Å²) < 4.78 is 47.7. The minimum Gasteiger partial charge on any atom is -0.382 e. The van der Waals surface area contributed by atoms with Crippen LogP contribution in [0.5, 0.6) is 0 Å². The number of hydrogen-bond donors (Lipinski definition) is 1. The second kappa shape index (κ2) is 7.42. The quantitative estimate of drug-likeness (QED) is 0.438. The number of halogens is 3. The number of fused-ring (bicyclic) bond motifs is 6. The molecule has 10 heteroatoms. The topological polar surface area (TPSA) is 85.8 Å². The molecule has 180 valence electrons. The van der Waals surface area contributed by atoms with Gasteiger partial charge in [0.1, 0.15) is 17.2 Å². The molecule has 1 saturated heterocycles. The smallest absolute Gasteiger partial charge is 0.382 e. The van der Waals surface area contributed by atoms with Crippen molar-refractivity contribution in [2.75, 3.05) is 12.3 Å². The SMILES string of the molecule is Cc1ncc2c(N)nc3ccc(C(=O)N4C[C@@H](C)O[C@@H]5Cc6cc(C(F)(F)F)ccc6[C@@H]54)cc3n12. The van der Waals surface area contributed by atoms with Crippen molar-refractivity contribution in [2.24, 2.45) is 0 Å². The summed E-state index contributed by atoms with van der Waals surface area (Å²) in [5.41, 5.74) is 9.09. The number of rotatable bonds is 1. The number of carbonyl (C=O) groups is 1. The van der Waals surface area contributed by atoms with E-state index in [-0.39, 0.29) is 12.0 Å². The van der Waals surface area contributed by atoms with E-state index in [0.29, 0.717) is 57.8 Å². The standard InChI is InChI=1S/C25H22F3N5O2/c1-12-11-32(22-17-5-4-16(25(26,27)28)7-15(17)9-21(22)35-12)24(34)14-3-6-18-19(8-14)33-13(2)30-10-20(33)23(29)31-18/h3-8,10,12,21-22H,9,11H2,1-2H3,(H2,29,31)/t12-,21-,22+/m1/s1. The molecule has 2 aromatic heterocycles. The predicted octanol–water partition coefficient (Wildman–Crippen LogP) is 4.32. The van der Waals surface area contributed by atoms with Gasteiger partial charge in [-0.15, -0.1) is 0 Å². The Balaban J connectivity index is 1.43. The third-order valence-electron chi connectivity index (χ3n) is 6.92. The molecule has 3 heterocycles. The van der Waals surface area contributed by atoms with Gasteiger partial charge in [0, 0.05) is 18.5 Å². The predicted molar refractivity (Wildman–Crippen MR) is 123 cm³/mol. The van der Waals surface area contributed by atoms with Crippen LogP contribution in [0.4, 0.5) is 19.0 Å². The van der Waals surface area contributed by atoms with Gasteiger partial charge < -0.3 is 15.4 Å². The van der Waals surface area contributed by atoms with E-state index in [0.717, 1.165) is 6.07 Å². The average molecular weight is 481 g/mol. The zero-order valence-electron chi connectivity index (χ0n) is 19.0. The van der Waals surface area contributed by atoms with Crippen molar-refractivity contribution in [1.82, 2.24) is 19.3 Å². The second-order valence-corrected chi connectivity index (χ2v) is 9.23. The summed E-state index contributed by atoms with van der Waals surface area (Å²) in [5.74, 6) is 0.851. The lowest BCUT2D eigenvalue weighted by Gasteiger charge is -2.41. The highest BCUT2D eigenvalue weighted by molar-refractivity contribution is 5.98. The molecule has 0 spiro atoms. The molecule has 1 aliphatic heterocycles. The zero-order chi connectivity index (χ0) is 24.6. The van der Waals surface area contributed by atoms with Crippen LogP contribution in [0.2, 0.25) is 0 Å². The van der Waals surface area contributed by atoms with Crippen LogP contribution in [0.1, 0.15) is 45.8 Å². The second-order valence-electron chi connectivity index (χ2n) is 9.23. The number of nitrogens with zero attached hydrogens (tertiary/aromatic N) is 4. The maximum Gasteiger partial charge on any atom is 0.416 e. The fourth-order valence-electron chi connectivity index (χ4n) is 5.42. The molecular formula is C25H22F3N5O2. The molecule has 7 nitrogen and oxygen atoms in total. The molecule has 1 aliphatic carbocycles. The fourth-order valence-corrected chi connectivity index (χ4v) is 5.42. The molecule has 0 bridgehead atoms. The number of hydrogen-bond acceptors (Lipinski definition) is 5. The normalized spacial score (nSPS) is 22.0. The number of anilines is 1. The van der Waals surface area contributed by atoms with Crippen molar-refractivity contribution in [3.8, 4) is 0 Å². The van der Waals surface area contributed by atoms with Gasteiger partial charge in [-0.2, -0.15) is 13.2 Å². The number of ether oxygens (including phenoxy) is 1. The molecule has 3 atom stereocenters. The minimum absolute atomic E-state index is 0.215. The lowest BCUT2D eigenvalue weighted by molar-refractivity contribution is -0.137. The number of benzene rings is 2. The Morgan fingerprint density at radius 3 is 2.74 bits per heavy atom. The van der Waals surface area contributed by atoms with Gasteiger partial charge in [-0.1, -0.05) is 6.07 Å². The van der Waals surface area contributed by atoms with Crippen LogP contribution >= 0.6 is 0 Å². The van der Waals surface area contributed by atoms with E-state index in [1.807, 2.05) is 18.2 Å². The van der Waals surface area contributed by atoms with Crippen molar-refractivity contribution in [3.63, 3.8) is 0 Å². The van der Waals surface area contributed by atoms with Gasteiger partial charge in [0.05, 0.1) is 41.0 Å². The van der Waals surface area contributed by atoms with Gasteiger partial charge >= 0.3 is 6.18 Å². The van der Waals surface area contributed by atoms with Crippen molar-refractivity contribution in [3.05, 3.63) is 70.7 Å². The lowest BCUT2D eigenvalue weighted by Crippen LogP contribution is -2.50. The number of amides is 1. The van der Waals surface area contributed by atoms with Gasteiger partial charge in [-0.25, -0.2) is 9.97 Å². The fraction of sp³-hybridized carbons (Fsp3) is 0.320. The maximum absolute atomic E-state index is 13.8. The highest BCUT2D eigenvalue weighted by atomic mass is 19.4. The molecule has 2 N–H and O–H groups in total. The summed E-state index contributed by atoms with van der Waals surface area (Å²) >= 11 is 0. The number of alkyl halides is 3. The van der Waals surface area contributed by atoms with Crippen LogP contribution in [0.15, 0.2) is 42.6 Å². The molecule has 1 fully saturated rings. The van der Waals surface area contributed by atoms with Crippen molar-refractivity contribution >= 4 is 28.3 Å². The molecule has 1 amide bonds. The van der Waals surface area contributed by atoms with Gasteiger partial charge in [-0.3, -0.25) is 9.20 Å². The number of carbonyl (C=O) groups excluding carboxylic acids is 1. The first kappa shape index (κ1) is 21.8. The molecule has 2 aliphatic rings. The highest BCUT2D eigenvalue weighted by Crippen LogP contribution is 2.44. The molecule has 6 rings (SSSR count). The Morgan fingerprint density at radius 1 is 1.17 bits per heavy atom. The maximum atomic E-state index is 13.8. The molecular weight excluding hydrogens is 459 g/mol. The Kier molecular flexibility index (Phi) is 4.63. The van der Waals surface area contributed by atoms with E-state index in [1.165, 1.54) is 12.1 Å². The summed E-state index contributed by atoms with van der Waals surface area (Å²) in [5, 5.41) is 0. The zero-order valence-corrected chi connectivity index (χ0v) is 19.0. The van der Waals surface area contributed by atoms with Gasteiger partial charge in [0.2, 0.25) is 0 Å². The van der Waals surface area contributed by atoms with E-state index in [1.54, 1.807) is 29.3 Å². The van der Waals surface area contributed by atoms with Crippen LogP contribution in [0.25, 0.3) is 16.6 Å². The Hall–Kier alpha value is -3.66. The monoisotopic (exact) mass is 481 g/mol. The molecule has 0 radical (unpaired) electrons. The summed E-state index contributed by atoms with van der Waals surface area (Å²) in [6.07, 6.45) is -3.10. The summed E-state index contributed by atoms with van der Waals surface area (Å²) in [7, 11) is 0. The van der Waals surface area contributed by atoms with Gasteiger partial charge in [0.15, 0.2) is 0 Å². The Bertz CT molecular complexity index is 1510. The third-order valence-corrected chi connectivity index (χ3v) is 6.92. The largest absolute Gasteiger partial charge is 0.416 e. The van der Waals surface area contributed by atoms with Crippen LogP contribution in [0, 0.1) is 6.92 Å². The lowest BCUT2D eigenvalue weighted by atomic mass is 10.0. The molecule has 4 aromatic rings. The van der Waals surface area contributed by atoms with Gasteiger partial charge in [-0.05, 0) is 55.3 Å². The van der Waals surface area contributed by atoms with Crippen LogP contribution < -0.4 is 5.73 Å². The first-order valence-electron chi connectivity index (χ1n) is 11.3. The summed E-state index contributed by atoms with van der Waals surface area (Å²) in [4.78, 5) is 24.3. The first-order chi connectivity index (χ1) is 16.6. The van der Waals surface area contributed by atoms with E-state index in [9.17, 15) is 18.0 Å². The average Bonchev–Trinajstić information content (AvgIpc) is 3.37. The van der Waals surface area contributed by atoms with Crippen molar-refractivity contribution < 1.29 is 22.7 Å². The van der Waals surface area contributed by atoms with Gasteiger partial charge in [0.25, 0.3) is 5.91 Å². The summed E-state index contributed by atoms with van der Waals surface area (Å²) in [6.45, 7) is 4.05. The summed E-state index contributed by atoms with van der Waals surface area (Å²) in [6, 6.07) is 8.50. The van der Waals surface area contributed by atoms with Crippen molar-refractivity contribution in [1.29, 1.82) is 0 Å². The number of aryl methyl sites for hydroxylation is 1. The third kappa shape index (κ3) is 3.35. The molecule has 0 saturated carbocycles. The molecule has 0 unspecified atom stereocenters. The van der Waals surface area contributed by atoms with Crippen LogP contribution in [-0.2, 0) is 17.3 Å². The Morgan fingerprint density at radius 2 is 1.97 bits per heavy atom. The molecule has 2 aromatic carbocycles. The van der Waals surface area contributed by atoms with E-state index in [2.05, 4.69) is 9.97 Å². The highest BCUT2D eigenvalue weighted by Gasteiger charge is 2.45. The number of nitrogens with two attached hydrogens (primary N) is 1. The number of morpholine rings is 1. The van der Waals surface area contributed by atoms with E-state index >= 15 is 0 Å². The number of nitrogen functional groups attached to an aromatic ring is 1. The number of imidazole rings is 1. The van der Waals surface area contributed by atoms with E-state index < -0.39 is 23.9 Å². The van der Waals surface area contributed by atoms with Crippen molar-refractivity contribution in [2.45, 2.75) is 44.7 Å². The van der Waals surface area contributed by atoms with Crippen LogP contribution in [0.3, 0.4) is 0 Å². The first-order valence-corrected chi connectivity index (χ1v) is 11.3. The van der Waals surface area contributed by atoms with Crippen LogP contribution in [-0.4, -0.2) is 43.9 Å². The minimum atomic E-state index is -4.42. The van der Waals surface area contributed by atoms with E-state index in [4.69, 9.17) is 10.5 Å². The number of aromatic nitrogens is 3. The molecule has 35 heavy (non-hydrogen) atoms. The Labute approximate surface area is 198 Å².